The van der Waals surface area contributed by atoms with Gasteiger partial charge in [0.25, 0.3) is 0 Å². The molecule has 0 spiro atoms. The van der Waals surface area contributed by atoms with E-state index in [1.165, 1.54) is 0 Å². The van der Waals surface area contributed by atoms with Crippen LogP contribution in [0.3, 0.4) is 0 Å². The van der Waals surface area contributed by atoms with Crippen LogP contribution in [0.2, 0.25) is 0 Å². The highest BCUT2D eigenvalue weighted by Gasteiger charge is 2.42. The molecule has 2 heterocycles. The Balaban J connectivity index is 1.70. The van der Waals surface area contributed by atoms with E-state index in [0.717, 1.165) is 28.4 Å². The first kappa shape index (κ1) is 18.5. The number of anilines is 2. The van der Waals surface area contributed by atoms with Crippen LogP contribution in [0.4, 0.5) is 11.4 Å². The first-order chi connectivity index (χ1) is 13.6. The molecule has 1 aliphatic heterocycles. The van der Waals surface area contributed by atoms with Crippen LogP contribution in [0.5, 0.6) is 5.75 Å². The van der Waals surface area contributed by atoms with Crippen molar-refractivity contribution in [2.24, 2.45) is 0 Å². The molecule has 28 heavy (non-hydrogen) atoms. The van der Waals surface area contributed by atoms with Gasteiger partial charge in [-0.3, -0.25) is 0 Å². The lowest BCUT2D eigenvalue weighted by molar-refractivity contribution is -0.0395. The van der Waals surface area contributed by atoms with Gasteiger partial charge in [-0.25, -0.2) is 4.68 Å². The standard InChI is InChI=1S/C21H23N3O4/c1-13-19(25)20(26)21(28-13)24-12-17(18(23-24)14-6-4-3-5-7-14)22-15-8-10-16(27-2)11-9-15/h3-13,19-22,25-26H,1-2H3/t13-,19-,20-,21-/m1/s1. The van der Waals surface area contributed by atoms with Gasteiger partial charge in [0, 0.05) is 11.3 Å². The maximum absolute atomic E-state index is 10.3. The van der Waals surface area contributed by atoms with E-state index in [9.17, 15) is 10.2 Å². The number of benzene rings is 2. The zero-order valence-corrected chi connectivity index (χ0v) is 15.7. The van der Waals surface area contributed by atoms with E-state index in [-0.39, 0.29) is 0 Å². The second-order valence-electron chi connectivity index (χ2n) is 6.80. The summed E-state index contributed by atoms with van der Waals surface area (Å²) in [5, 5.41) is 28.4. The normalized spacial score (nSPS) is 24.3. The monoisotopic (exact) mass is 381 g/mol. The Morgan fingerprint density at radius 3 is 2.36 bits per heavy atom. The van der Waals surface area contributed by atoms with Gasteiger partial charge in [-0.2, -0.15) is 5.10 Å². The van der Waals surface area contributed by atoms with Crippen molar-refractivity contribution in [3.8, 4) is 17.0 Å². The smallest absolute Gasteiger partial charge is 0.179 e. The summed E-state index contributed by atoms with van der Waals surface area (Å²) in [5.74, 6) is 0.773. The van der Waals surface area contributed by atoms with Crippen molar-refractivity contribution in [3.05, 3.63) is 60.8 Å². The minimum absolute atomic E-state index is 0.470. The molecule has 1 fully saturated rings. The number of nitrogens with zero attached hydrogens (tertiary/aromatic N) is 2. The summed E-state index contributed by atoms with van der Waals surface area (Å²) in [6.07, 6.45) is -1.44. The first-order valence-corrected chi connectivity index (χ1v) is 9.14. The molecule has 1 saturated heterocycles. The average Bonchev–Trinajstić information content (AvgIpc) is 3.25. The van der Waals surface area contributed by atoms with Gasteiger partial charge in [0.1, 0.15) is 23.7 Å². The van der Waals surface area contributed by atoms with Crippen molar-refractivity contribution in [1.82, 2.24) is 9.78 Å². The molecule has 3 N–H and O–H groups in total. The van der Waals surface area contributed by atoms with Gasteiger partial charge in [-0.05, 0) is 31.2 Å². The predicted molar refractivity (Wildman–Crippen MR) is 106 cm³/mol. The molecule has 0 radical (unpaired) electrons. The van der Waals surface area contributed by atoms with Crippen LogP contribution < -0.4 is 10.1 Å². The van der Waals surface area contributed by atoms with Gasteiger partial charge < -0.3 is 25.0 Å². The van der Waals surface area contributed by atoms with Gasteiger partial charge >= 0.3 is 0 Å². The fourth-order valence-corrected chi connectivity index (χ4v) is 3.30. The molecule has 1 aliphatic rings. The number of rotatable bonds is 5. The molecule has 0 saturated carbocycles. The summed E-state index contributed by atoms with van der Waals surface area (Å²) < 4.78 is 12.5. The number of hydrogen-bond acceptors (Lipinski definition) is 6. The number of methoxy groups -OCH3 is 1. The molecule has 0 bridgehead atoms. The van der Waals surface area contributed by atoms with E-state index in [1.54, 1.807) is 24.9 Å². The topological polar surface area (TPSA) is 88.8 Å². The van der Waals surface area contributed by atoms with E-state index in [0.29, 0.717) is 0 Å². The van der Waals surface area contributed by atoms with Crippen LogP contribution in [0.1, 0.15) is 13.2 Å². The van der Waals surface area contributed by atoms with E-state index in [1.807, 2.05) is 54.6 Å². The van der Waals surface area contributed by atoms with Crippen molar-refractivity contribution < 1.29 is 19.7 Å². The van der Waals surface area contributed by atoms with Crippen LogP contribution in [0.25, 0.3) is 11.3 Å². The number of nitrogens with one attached hydrogen (secondary N) is 1. The second-order valence-corrected chi connectivity index (χ2v) is 6.80. The highest BCUT2D eigenvalue weighted by atomic mass is 16.6. The summed E-state index contributed by atoms with van der Waals surface area (Å²) in [7, 11) is 1.63. The van der Waals surface area contributed by atoms with Gasteiger partial charge in [0.2, 0.25) is 0 Å². The fourth-order valence-electron chi connectivity index (χ4n) is 3.30. The Hall–Kier alpha value is -2.87. The van der Waals surface area contributed by atoms with Crippen LogP contribution in [-0.2, 0) is 4.74 Å². The molecule has 4 rings (SSSR count). The van der Waals surface area contributed by atoms with E-state index < -0.39 is 24.5 Å². The first-order valence-electron chi connectivity index (χ1n) is 9.14. The van der Waals surface area contributed by atoms with Gasteiger partial charge in [0.05, 0.1) is 25.1 Å². The molecule has 0 unspecified atom stereocenters. The third kappa shape index (κ3) is 3.47. The lowest BCUT2D eigenvalue weighted by Gasteiger charge is -2.14. The van der Waals surface area contributed by atoms with Crippen molar-refractivity contribution in [1.29, 1.82) is 0 Å². The zero-order chi connectivity index (χ0) is 19.7. The molecule has 3 aromatic rings. The molecule has 7 heteroatoms. The van der Waals surface area contributed by atoms with Crippen molar-refractivity contribution in [3.63, 3.8) is 0 Å². The van der Waals surface area contributed by atoms with Crippen molar-refractivity contribution >= 4 is 11.4 Å². The molecule has 7 nitrogen and oxygen atoms in total. The number of aromatic nitrogens is 2. The van der Waals surface area contributed by atoms with Gasteiger partial charge in [-0.1, -0.05) is 30.3 Å². The van der Waals surface area contributed by atoms with Crippen molar-refractivity contribution in [2.75, 3.05) is 12.4 Å². The molecule has 0 amide bonds. The van der Waals surface area contributed by atoms with E-state index >= 15 is 0 Å². The Bertz CT molecular complexity index is 927. The minimum atomic E-state index is -1.05. The summed E-state index contributed by atoms with van der Waals surface area (Å²) in [4.78, 5) is 0. The molecule has 0 aliphatic carbocycles. The van der Waals surface area contributed by atoms with Crippen LogP contribution in [-0.4, -0.2) is 45.4 Å². The highest BCUT2D eigenvalue weighted by molar-refractivity contribution is 5.77. The van der Waals surface area contributed by atoms with Gasteiger partial charge in [0.15, 0.2) is 6.23 Å². The van der Waals surface area contributed by atoms with Gasteiger partial charge in [-0.15, -0.1) is 0 Å². The third-order valence-electron chi connectivity index (χ3n) is 4.89. The fraction of sp³-hybridized carbons (Fsp3) is 0.286. The lowest BCUT2D eigenvalue weighted by atomic mass is 10.1. The Kier molecular flexibility index (Phi) is 5.04. The Labute approximate surface area is 163 Å². The SMILES string of the molecule is COc1ccc(Nc2cn([C@@H]3O[C@H](C)[C@@H](O)[C@H]3O)nc2-c2ccccc2)cc1. The second kappa shape index (κ2) is 7.63. The molecule has 2 aromatic carbocycles. The molecule has 146 valence electrons. The summed E-state index contributed by atoms with van der Waals surface area (Å²) in [5.41, 5.74) is 3.29. The van der Waals surface area contributed by atoms with E-state index in [4.69, 9.17) is 9.47 Å². The highest BCUT2D eigenvalue weighted by Crippen LogP contribution is 2.34. The summed E-state index contributed by atoms with van der Waals surface area (Å²) in [6, 6.07) is 17.3. The summed E-state index contributed by atoms with van der Waals surface area (Å²) in [6.45, 7) is 1.73. The molecular weight excluding hydrogens is 358 g/mol. The minimum Gasteiger partial charge on any atom is -0.497 e. The molecule has 1 aromatic heterocycles. The van der Waals surface area contributed by atoms with Crippen molar-refractivity contribution in [2.45, 2.75) is 31.5 Å². The maximum atomic E-state index is 10.3. The number of aliphatic hydroxyl groups is 2. The largest absolute Gasteiger partial charge is 0.497 e. The maximum Gasteiger partial charge on any atom is 0.179 e. The Morgan fingerprint density at radius 1 is 1.04 bits per heavy atom. The average molecular weight is 381 g/mol. The molecule has 4 atom stereocenters. The quantitative estimate of drug-likeness (QED) is 0.630. The number of ether oxygens (including phenoxy) is 2. The van der Waals surface area contributed by atoms with E-state index in [2.05, 4.69) is 10.4 Å². The number of hydrogen-bond donors (Lipinski definition) is 3. The van der Waals surface area contributed by atoms with Crippen LogP contribution in [0, 0.1) is 0 Å². The summed E-state index contributed by atoms with van der Waals surface area (Å²) >= 11 is 0. The Morgan fingerprint density at radius 2 is 1.75 bits per heavy atom. The predicted octanol–water partition coefficient (Wildman–Crippen LogP) is 2.94. The van der Waals surface area contributed by atoms with Crippen LogP contribution in [0.15, 0.2) is 60.8 Å². The molecular formula is C21H23N3O4. The van der Waals surface area contributed by atoms with Crippen LogP contribution >= 0.6 is 0 Å². The number of aliphatic hydroxyl groups excluding tert-OH is 2. The third-order valence-corrected chi connectivity index (χ3v) is 4.89. The lowest BCUT2D eigenvalue weighted by Crippen LogP contribution is -2.30. The zero-order valence-electron chi connectivity index (χ0n) is 15.7.